The van der Waals surface area contributed by atoms with Crippen molar-refractivity contribution >= 4 is 38.6 Å². The second-order valence-corrected chi connectivity index (χ2v) is 14.9. The van der Waals surface area contributed by atoms with Crippen LogP contribution < -0.4 is 4.90 Å². The van der Waals surface area contributed by atoms with Gasteiger partial charge in [0.05, 0.1) is 5.69 Å². The summed E-state index contributed by atoms with van der Waals surface area (Å²) in [5.74, 6) is 0. The molecule has 0 bridgehead atoms. The van der Waals surface area contributed by atoms with E-state index in [9.17, 15) is 0 Å². The van der Waals surface area contributed by atoms with Crippen LogP contribution in [-0.2, 0) is 5.41 Å². The molecule has 1 nitrogen and oxygen atoms in total. The summed E-state index contributed by atoms with van der Waals surface area (Å²) in [4.78, 5) is 2.45. The normalized spacial score (nSPS) is 12.8. The van der Waals surface area contributed by atoms with Crippen LogP contribution in [0, 0.1) is 0 Å². The number of rotatable bonds is 6. The molecular formula is C53H39N. The molecule has 256 valence electrons. The standard InChI is InChI=1S/C53H39N/c1-53(2)48-25-14-24-45(37-15-5-3-6-16-37)52(48)47-34-32-42(35-49(47)53)54(50-26-13-21-36-17-9-11-22-43(36)50)41-30-27-39(28-31-41)46-33-29-38-18-10-12-23-44(38)51(46)40-19-7-4-8-20-40/h3-35H,1-2H3. The number of anilines is 3. The number of hydrogen-bond acceptors (Lipinski definition) is 1. The maximum atomic E-state index is 2.45. The highest BCUT2D eigenvalue weighted by Gasteiger charge is 2.37. The Bertz CT molecular complexity index is 2830. The summed E-state index contributed by atoms with van der Waals surface area (Å²) in [6, 6.07) is 73.3. The quantitative estimate of drug-likeness (QED) is 0.168. The van der Waals surface area contributed by atoms with Gasteiger partial charge in [0, 0.05) is 22.2 Å². The fraction of sp³-hybridized carbons (Fsp3) is 0.0566. The van der Waals surface area contributed by atoms with Crippen molar-refractivity contribution in [3.8, 4) is 44.5 Å². The van der Waals surface area contributed by atoms with Gasteiger partial charge in [0.1, 0.15) is 0 Å². The van der Waals surface area contributed by atoms with Gasteiger partial charge in [-0.15, -0.1) is 0 Å². The average Bonchev–Trinajstić information content (AvgIpc) is 3.47. The Labute approximate surface area is 317 Å². The first kappa shape index (κ1) is 32.0. The van der Waals surface area contributed by atoms with Gasteiger partial charge < -0.3 is 4.90 Å². The molecule has 0 saturated carbocycles. The first-order chi connectivity index (χ1) is 26.6. The topological polar surface area (TPSA) is 3.24 Å². The zero-order valence-corrected chi connectivity index (χ0v) is 30.5. The molecule has 0 spiro atoms. The third kappa shape index (κ3) is 5.16. The van der Waals surface area contributed by atoms with Crippen LogP contribution in [0.25, 0.3) is 66.1 Å². The predicted octanol–water partition coefficient (Wildman–Crippen LogP) is 14.8. The molecule has 0 aromatic heterocycles. The molecule has 0 fully saturated rings. The molecule has 54 heavy (non-hydrogen) atoms. The van der Waals surface area contributed by atoms with Gasteiger partial charge in [-0.05, 0) is 102 Å². The molecular weight excluding hydrogens is 651 g/mol. The molecule has 0 N–H and O–H groups in total. The average molecular weight is 690 g/mol. The van der Waals surface area contributed by atoms with Gasteiger partial charge in [-0.1, -0.05) is 184 Å². The first-order valence-corrected chi connectivity index (χ1v) is 18.9. The van der Waals surface area contributed by atoms with Gasteiger partial charge in [-0.25, -0.2) is 0 Å². The molecule has 0 unspecified atom stereocenters. The van der Waals surface area contributed by atoms with Crippen molar-refractivity contribution in [3.63, 3.8) is 0 Å². The number of fused-ring (bicyclic) bond motifs is 5. The van der Waals surface area contributed by atoms with Crippen LogP contribution in [0.5, 0.6) is 0 Å². The van der Waals surface area contributed by atoms with Gasteiger partial charge in [-0.2, -0.15) is 0 Å². The zero-order chi connectivity index (χ0) is 36.2. The third-order valence-corrected chi connectivity index (χ3v) is 11.5. The zero-order valence-electron chi connectivity index (χ0n) is 30.5. The molecule has 0 aliphatic heterocycles. The lowest BCUT2D eigenvalue weighted by molar-refractivity contribution is 0.660. The maximum absolute atomic E-state index is 2.45. The van der Waals surface area contributed by atoms with E-state index in [2.05, 4.69) is 219 Å². The summed E-state index contributed by atoms with van der Waals surface area (Å²) in [5, 5.41) is 4.96. The van der Waals surface area contributed by atoms with Crippen LogP contribution in [0.1, 0.15) is 25.0 Å². The minimum atomic E-state index is -0.163. The van der Waals surface area contributed by atoms with E-state index >= 15 is 0 Å². The highest BCUT2D eigenvalue weighted by atomic mass is 15.1. The van der Waals surface area contributed by atoms with Crippen molar-refractivity contribution in [3.05, 3.63) is 211 Å². The molecule has 0 radical (unpaired) electrons. The van der Waals surface area contributed by atoms with E-state index in [1.807, 2.05) is 0 Å². The molecule has 1 aliphatic rings. The number of benzene rings is 9. The maximum Gasteiger partial charge on any atom is 0.0540 e. The Balaban J connectivity index is 1.14. The lowest BCUT2D eigenvalue weighted by Gasteiger charge is -2.29. The molecule has 0 heterocycles. The van der Waals surface area contributed by atoms with E-state index in [4.69, 9.17) is 0 Å². The Morgan fingerprint density at radius 2 is 0.907 bits per heavy atom. The first-order valence-electron chi connectivity index (χ1n) is 18.9. The van der Waals surface area contributed by atoms with Crippen molar-refractivity contribution in [1.82, 2.24) is 0 Å². The van der Waals surface area contributed by atoms with Crippen LogP contribution in [-0.4, -0.2) is 0 Å². The van der Waals surface area contributed by atoms with Gasteiger partial charge in [0.15, 0.2) is 0 Å². The lowest BCUT2D eigenvalue weighted by Crippen LogP contribution is -2.16. The Morgan fingerprint density at radius 3 is 1.67 bits per heavy atom. The van der Waals surface area contributed by atoms with Gasteiger partial charge >= 0.3 is 0 Å². The molecule has 9 aromatic rings. The van der Waals surface area contributed by atoms with E-state index in [1.165, 1.54) is 77.2 Å². The smallest absolute Gasteiger partial charge is 0.0540 e. The van der Waals surface area contributed by atoms with E-state index < -0.39 is 0 Å². The molecule has 0 atom stereocenters. The van der Waals surface area contributed by atoms with Gasteiger partial charge in [0.2, 0.25) is 0 Å². The summed E-state index contributed by atoms with van der Waals surface area (Å²) >= 11 is 0. The van der Waals surface area contributed by atoms with Crippen LogP contribution >= 0.6 is 0 Å². The number of nitrogens with zero attached hydrogens (tertiary/aromatic N) is 1. The molecule has 1 aliphatic carbocycles. The molecule has 1 heteroatoms. The van der Waals surface area contributed by atoms with Crippen LogP contribution in [0.3, 0.4) is 0 Å². The van der Waals surface area contributed by atoms with Crippen LogP contribution in [0.4, 0.5) is 17.1 Å². The van der Waals surface area contributed by atoms with Crippen LogP contribution in [0.15, 0.2) is 200 Å². The third-order valence-electron chi connectivity index (χ3n) is 11.5. The van der Waals surface area contributed by atoms with Gasteiger partial charge in [0.25, 0.3) is 0 Å². The van der Waals surface area contributed by atoms with Gasteiger partial charge in [-0.3, -0.25) is 0 Å². The van der Waals surface area contributed by atoms with Crippen molar-refractivity contribution in [2.45, 2.75) is 19.3 Å². The fourth-order valence-corrected chi connectivity index (χ4v) is 8.82. The summed E-state index contributed by atoms with van der Waals surface area (Å²) in [5.41, 5.74) is 16.1. The summed E-state index contributed by atoms with van der Waals surface area (Å²) in [7, 11) is 0. The van der Waals surface area contributed by atoms with Crippen LogP contribution in [0.2, 0.25) is 0 Å². The Morgan fingerprint density at radius 1 is 0.352 bits per heavy atom. The fourth-order valence-electron chi connectivity index (χ4n) is 8.82. The molecule has 0 saturated heterocycles. The molecule has 9 aromatic carbocycles. The lowest BCUT2D eigenvalue weighted by atomic mass is 9.81. The monoisotopic (exact) mass is 689 g/mol. The molecule has 0 amide bonds. The summed E-state index contributed by atoms with van der Waals surface area (Å²) < 4.78 is 0. The van der Waals surface area contributed by atoms with E-state index in [0.29, 0.717) is 0 Å². The SMILES string of the molecule is CC1(C)c2cc(N(c3ccc(-c4ccc5ccccc5c4-c4ccccc4)cc3)c3cccc4ccccc34)ccc2-c2c(-c3ccccc3)cccc21. The van der Waals surface area contributed by atoms with Crippen molar-refractivity contribution in [1.29, 1.82) is 0 Å². The van der Waals surface area contributed by atoms with E-state index in [0.717, 1.165) is 17.1 Å². The second-order valence-electron chi connectivity index (χ2n) is 14.9. The van der Waals surface area contributed by atoms with E-state index in [-0.39, 0.29) is 5.41 Å². The second kappa shape index (κ2) is 12.8. The van der Waals surface area contributed by atoms with Crippen molar-refractivity contribution in [2.24, 2.45) is 0 Å². The highest BCUT2D eigenvalue weighted by Crippen LogP contribution is 2.54. The van der Waals surface area contributed by atoms with E-state index in [1.54, 1.807) is 0 Å². The van der Waals surface area contributed by atoms with Crippen molar-refractivity contribution < 1.29 is 0 Å². The molecule has 10 rings (SSSR count). The van der Waals surface area contributed by atoms with Crippen molar-refractivity contribution in [2.75, 3.05) is 4.90 Å². The minimum absolute atomic E-state index is 0.163. The predicted molar refractivity (Wildman–Crippen MR) is 230 cm³/mol. The Kier molecular flexibility index (Phi) is 7.56. The number of hydrogen-bond donors (Lipinski definition) is 0. The summed E-state index contributed by atoms with van der Waals surface area (Å²) in [6.07, 6.45) is 0. The largest absolute Gasteiger partial charge is 0.310 e. The summed E-state index contributed by atoms with van der Waals surface area (Å²) in [6.45, 7) is 4.75. The minimum Gasteiger partial charge on any atom is -0.310 e. The highest BCUT2D eigenvalue weighted by molar-refractivity contribution is 6.05. The Hall–Kier alpha value is -6.70.